The van der Waals surface area contributed by atoms with E-state index in [-0.39, 0.29) is 35.3 Å². The summed E-state index contributed by atoms with van der Waals surface area (Å²) >= 11 is 1.72. The molecule has 0 atom stereocenters. The number of rotatable bonds is 4. The average molecular weight is 357 g/mol. The molecule has 0 aromatic heterocycles. The molecule has 116 valence electrons. The molecule has 23 heavy (non-hydrogen) atoms. The summed E-state index contributed by atoms with van der Waals surface area (Å²) in [5.41, 5.74) is 3.32. The van der Waals surface area contributed by atoms with Crippen molar-refractivity contribution in [2.24, 2.45) is 0 Å². The zero-order chi connectivity index (χ0) is 15.7. The molecule has 0 bridgehead atoms. The summed E-state index contributed by atoms with van der Waals surface area (Å²) in [4.78, 5) is 4.40. The molecule has 0 N–H and O–H groups in total. The Morgan fingerprint density at radius 1 is 1.09 bits per heavy atom. The van der Waals surface area contributed by atoms with Crippen LogP contribution in [0, 0.1) is 6.92 Å². The Morgan fingerprint density at radius 3 is 2.52 bits per heavy atom. The molecule has 0 saturated heterocycles. The first kappa shape index (κ1) is 18.8. The molecule has 0 spiro atoms. The predicted octanol–water partition coefficient (Wildman–Crippen LogP) is 0.537. The van der Waals surface area contributed by atoms with Crippen LogP contribution in [-0.4, -0.2) is 25.3 Å². The predicted molar refractivity (Wildman–Crippen MR) is 87.9 cm³/mol. The van der Waals surface area contributed by atoms with Gasteiger partial charge in [-0.1, -0.05) is 30.0 Å². The van der Waals surface area contributed by atoms with Gasteiger partial charge < -0.3 is 9.45 Å². The second kappa shape index (κ2) is 7.59. The van der Waals surface area contributed by atoms with Crippen molar-refractivity contribution in [1.29, 1.82) is 0 Å². The summed E-state index contributed by atoms with van der Waals surface area (Å²) in [7, 11) is -4.17. The minimum atomic E-state index is -4.17. The first-order valence-electron chi connectivity index (χ1n) is 7.03. The number of hydrogen-bond acceptors (Lipinski definition) is 5. The molecule has 2 aromatic carbocycles. The monoisotopic (exact) mass is 357 g/mol. The number of hydrogen-bond donors (Lipinski definition) is 0. The Morgan fingerprint density at radius 2 is 1.78 bits per heavy atom. The van der Waals surface area contributed by atoms with Crippen molar-refractivity contribution < 1.29 is 42.5 Å². The van der Waals surface area contributed by atoms with Crippen LogP contribution in [0.3, 0.4) is 0 Å². The molecule has 4 nitrogen and oxygen atoms in total. The van der Waals surface area contributed by atoms with Crippen molar-refractivity contribution in [1.82, 2.24) is 0 Å². The van der Waals surface area contributed by atoms with Gasteiger partial charge >= 0.3 is 29.6 Å². The first-order valence-corrected chi connectivity index (χ1v) is 9.42. The van der Waals surface area contributed by atoms with Gasteiger partial charge in [0, 0.05) is 22.1 Å². The zero-order valence-electron chi connectivity index (χ0n) is 13.2. The Balaban J connectivity index is 0.00000192. The van der Waals surface area contributed by atoms with E-state index in [0.717, 1.165) is 21.2 Å². The molecule has 1 heterocycles. The van der Waals surface area contributed by atoms with Gasteiger partial charge in [-0.3, -0.25) is 0 Å². The van der Waals surface area contributed by atoms with Gasteiger partial charge in [0.25, 0.3) is 0 Å². The van der Waals surface area contributed by atoms with E-state index >= 15 is 0 Å². The fraction of sp³-hybridized carbons (Fsp3) is 0.250. The summed E-state index contributed by atoms with van der Waals surface area (Å²) in [6.07, 6.45) is 0.318. The molecule has 7 heteroatoms. The molecular weight excluding hydrogens is 341 g/mol. The molecule has 3 rings (SSSR count). The molecule has 1 aliphatic rings. The Hall–Kier alpha value is -0.500. The quantitative estimate of drug-likeness (QED) is 0.590. The van der Waals surface area contributed by atoms with Crippen molar-refractivity contribution in [3.05, 3.63) is 48.0 Å². The van der Waals surface area contributed by atoms with Crippen LogP contribution in [0.1, 0.15) is 12.0 Å². The van der Waals surface area contributed by atoms with Crippen molar-refractivity contribution in [2.45, 2.75) is 23.1 Å². The molecule has 0 saturated carbocycles. The molecule has 1 aliphatic heterocycles. The summed E-state index contributed by atoms with van der Waals surface area (Å²) < 4.78 is 32.5. The van der Waals surface area contributed by atoms with Gasteiger partial charge in [-0.25, -0.2) is 8.42 Å². The Labute approximate surface area is 163 Å². The first-order chi connectivity index (χ1) is 10.4. The van der Waals surface area contributed by atoms with Crippen molar-refractivity contribution in [3.63, 3.8) is 0 Å². The minimum Gasteiger partial charge on any atom is -0.748 e. The van der Waals surface area contributed by atoms with Crippen LogP contribution < -0.4 is 34.5 Å². The maximum atomic E-state index is 10.8. The fourth-order valence-corrected chi connectivity index (χ4v) is 4.26. The summed E-state index contributed by atoms with van der Waals surface area (Å²) in [6, 6.07) is 14.3. The summed E-state index contributed by atoms with van der Waals surface area (Å²) in [6.45, 7) is 2.56. The second-order valence-electron chi connectivity index (χ2n) is 5.31. The normalized spacial score (nSPS) is 13.0. The van der Waals surface area contributed by atoms with Crippen LogP contribution >= 0.6 is 11.8 Å². The van der Waals surface area contributed by atoms with Crippen LogP contribution in [0.5, 0.6) is 0 Å². The van der Waals surface area contributed by atoms with Crippen LogP contribution in [0.2, 0.25) is 0 Å². The smallest absolute Gasteiger partial charge is 0.748 e. The third-order valence-corrected chi connectivity index (χ3v) is 5.46. The number of para-hydroxylation sites is 1. The standard InChI is InChI=1S/C16H17NO3S2.Na/c1-12-7-8-14-16(11-12)21-15-6-3-2-5-13(15)17(14)9-4-10-22(18,19)20;/h2-3,5-8,11H,4,9-10H2,1H3,(H,18,19,20);/q;+1/p-1. The van der Waals surface area contributed by atoms with E-state index in [1.807, 2.05) is 24.3 Å². The molecule has 2 aromatic rings. The van der Waals surface area contributed by atoms with E-state index in [4.69, 9.17) is 0 Å². The molecule has 0 radical (unpaired) electrons. The largest absolute Gasteiger partial charge is 1.00 e. The minimum absolute atomic E-state index is 0. The second-order valence-corrected chi connectivity index (χ2v) is 7.92. The number of aryl methyl sites for hydroxylation is 1. The van der Waals surface area contributed by atoms with E-state index in [2.05, 4.69) is 30.0 Å². The Bertz CT molecular complexity index is 809. The van der Waals surface area contributed by atoms with Gasteiger partial charge in [-0.05, 0) is 43.2 Å². The van der Waals surface area contributed by atoms with Gasteiger partial charge in [0.05, 0.1) is 21.5 Å². The average Bonchev–Trinajstić information content (AvgIpc) is 2.45. The van der Waals surface area contributed by atoms with Gasteiger partial charge in [-0.15, -0.1) is 0 Å². The van der Waals surface area contributed by atoms with Gasteiger partial charge in [0.2, 0.25) is 0 Å². The third-order valence-electron chi connectivity index (χ3n) is 3.56. The fourth-order valence-electron chi connectivity index (χ4n) is 2.58. The SMILES string of the molecule is Cc1ccc2c(c1)Sc1ccccc1N2CCCS(=O)(=O)[O-].[Na+]. The van der Waals surface area contributed by atoms with Crippen molar-refractivity contribution in [3.8, 4) is 0 Å². The van der Waals surface area contributed by atoms with E-state index in [0.29, 0.717) is 13.0 Å². The molecule has 0 aliphatic carbocycles. The number of benzene rings is 2. The summed E-state index contributed by atoms with van der Waals surface area (Å²) in [5, 5.41) is 0. The zero-order valence-corrected chi connectivity index (χ0v) is 16.8. The maximum Gasteiger partial charge on any atom is 1.00 e. The maximum absolute atomic E-state index is 10.8. The molecule has 0 fully saturated rings. The van der Waals surface area contributed by atoms with Crippen molar-refractivity contribution in [2.75, 3.05) is 17.2 Å². The third kappa shape index (κ3) is 4.53. The van der Waals surface area contributed by atoms with Crippen LogP contribution in [-0.2, 0) is 10.1 Å². The molecular formula is C16H16NNaO3S2. The van der Waals surface area contributed by atoms with Crippen LogP contribution in [0.4, 0.5) is 11.4 Å². The van der Waals surface area contributed by atoms with Crippen LogP contribution in [0.25, 0.3) is 0 Å². The summed E-state index contributed by atoms with van der Waals surface area (Å²) in [5.74, 6) is -0.333. The number of nitrogens with zero attached hydrogens (tertiary/aromatic N) is 1. The van der Waals surface area contributed by atoms with Gasteiger partial charge in [-0.2, -0.15) is 0 Å². The molecule has 0 amide bonds. The molecule has 0 unspecified atom stereocenters. The van der Waals surface area contributed by atoms with Gasteiger partial charge in [0.15, 0.2) is 0 Å². The van der Waals surface area contributed by atoms with Crippen LogP contribution in [0.15, 0.2) is 52.3 Å². The topological polar surface area (TPSA) is 60.4 Å². The number of fused-ring (bicyclic) bond motifs is 2. The van der Waals surface area contributed by atoms with E-state index in [1.54, 1.807) is 11.8 Å². The van der Waals surface area contributed by atoms with E-state index in [1.165, 1.54) is 5.56 Å². The number of anilines is 2. The van der Waals surface area contributed by atoms with Gasteiger partial charge in [0.1, 0.15) is 0 Å². The van der Waals surface area contributed by atoms with E-state index < -0.39 is 10.1 Å². The van der Waals surface area contributed by atoms with Crippen molar-refractivity contribution >= 4 is 33.3 Å². The van der Waals surface area contributed by atoms with E-state index in [9.17, 15) is 13.0 Å². The Kier molecular flexibility index (Phi) is 6.22.